The molecular weight excluding hydrogens is 332 g/mol. The predicted octanol–water partition coefficient (Wildman–Crippen LogP) is 2.80. The molecule has 0 spiro atoms. The second-order valence-electron chi connectivity index (χ2n) is 6.44. The highest BCUT2D eigenvalue weighted by molar-refractivity contribution is 5.45. The van der Waals surface area contributed by atoms with Gasteiger partial charge < -0.3 is 29.6 Å². The molecule has 138 valence electrons. The molecule has 0 bridgehead atoms. The van der Waals surface area contributed by atoms with Crippen molar-refractivity contribution in [2.45, 2.75) is 25.9 Å². The summed E-state index contributed by atoms with van der Waals surface area (Å²) in [6.07, 6.45) is 2.28. The molecule has 2 aliphatic rings. The lowest BCUT2D eigenvalue weighted by molar-refractivity contribution is 0.173. The van der Waals surface area contributed by atoms with Crippen molar-refractivity contribution < 1.29 is 18.9 Å². The minimum atomic E-state index is 0.325. The van der Waals surface area contributed by atoms with Gasteiger partial charge in [-0.1, -0.05) is 12.1 Å². The zero-order chi connectivity index (χ0) is 17.6. The third-order valence-electron chi connectivity index (χ3n) is 4.49. The molecule has 0 saturated heterocycles. The van der Waals surface area contributed by atoms with E-state index in [2.05, 4.69) is 22.8 Å². The fourth-order valence-corrected chi connectivity index (χ4v) is 3.07. The first-order valence-corrected chi connectivity index (χ1v) is 9.07. The van der Waals surface area contributed by atoms with Crippen LogP contribution in [0.15, 0.2) is 36.4 Å². The quantitative estimate of drug-likeness (QED) is 0.674. The van der Waals surface area contributed by atoms with Gasteiger partial charge in [-0.25, -0.2) is 0 Å². The molecule has 0 unspecified atom stereocenters. The summed E-state index contributed by atoms with van der Waals surface area (Å²) in [7, 11) is 0. The van der Waals surface area contributed by atoms with Crippen molar-refractivity contribution in [1.82, 2.24) is 10.6 Å². The molecule has 2 aromatic carbocycles. The summed E-state index contributed by atoms with van der Waals surface area (Å²) in [5.41, 5.74) is 2.44. The molecule has 26 heavy (non-hydrogen) atoms. The summed E-state index contributed by atoms with van der Waals surface area (Å²) in [6.45, 7) is 4.35. The number of hydrogen-bond acceptors (Lipinski definition) is 6. The lowest BCUT2D eigenvalue weighted by Gasteiger charge is -2.07. The summed E-state index contributed by atoms with van der Waals surface area (Å²) < 4.78 is 21.4. The van der Waals surface area contributed by atoms with Gasteiger partial charge in [0.05, 0.1) is 0 Å². The number of ether oxygens (including phenoxy) is 4. The summed E-state index contributed by atoms with van der Waals surface area (Å²) in [5, 5.41) is 6.95. The van der Waals surface area contributed by atoms with Crippen LogP contribution in [0.4, 0.5) is 0 Å². The number of benzene rings is 2. The molecule has 0 atom stereocenters. The molecule has 0 saturated carbocycles. The van der Waals surface area contributed by atoms with Gasteiger partial charge in [0.25, 0.3) is 0 Å². The van der Waals surface area contributed by atoms with Crippen LogP contribution >= 0.6 is 0 Å². The molecule has 6 heteroatoms. The van der Waals surface area contributed by atoms with Crippen LogP contribution in [0, 0.1) is 0 Å². The van der Waals surface area contributed by atoms with E-state index in [1.54, 1.807) is 0 Å². The van der Waals surface area contributed by atoms with E-state index in [0.29, 0.717) is 13.6 Å². The van der Waals surface area contributed by atoms with Crippen molar-refractivity contribution in [3.63, 3.8) is 0 Å². The van der Waals surface area contributed by atoms with Crippen LogP contribution in [-0.2, 0) is 13.1 Å². The predicted molar refractivity (Wildman–Crippen MR) is 97.8 cm³/mol. The Balaban J connectivity index is 1.07. The van der Waals surface area contributed by atoms with Gasteiger partial charge in [0, 0.05) is 13.1 Å². The molecule has 0 fully saturated rings. The SMILES string of the molecule is c1cc2c(cc1CNCCCCNCc1ccc3c(c1)OCO3)OCO2. The second-order valence-corrected chi connectivity index (χ2v) is 6.44. The largest absolute Gasteiger partial charge is 0.454 e. The lowest BCUT2D eigenvalue weighted by Crippen LogP contribution is -2.18. The Morgan fingerprint density at radius 1 is 0.615 bits per heavy atom. The fraction of sp³-hybridized carbons (Fsp3) is 0.400. The average Bonchev–Trinajstić information content (AvgIpc) is 3.31. The van der Waals surface area contributed by atoms with E-state index in [-0.39, 0.29) is 0 Å². The minimum Gasteiger partial charge on any atom is -0.454 e. The van der Waals surface area contributed by atoms with Crippen LogP contribution in [0.3, 0.4) is 0 Å². The van der Waals surface area contributed by atoms with Crippen molar-refractivity contribution in [2.24, 2.45) is 0 Å². The Kier molecular flexibility index (Phi) is 5.42. The van der Waals surface area contributed by atoms with Crippen molar-refractivity contribution in [1.29, 1.82) is 0 Å². The van der Waals surface area contributed by atoms with Crippen molar-refractivity contribution >= 4 is 0 Å². The van der Waals surface area contributed by atoms with Gasteiger partial charge in [-0.3, -0.25) is 0 Å². The van der Waals surface area contributed by atoms with Gasteiger partial charge in [0.1, 0.15) is 0 Å². The molecule has 0 aliphatic carbocycles. The Bertz CT molecular complexity index is 687. The second kappa shape index (κ2) is 8.29. The van der Waals surface area contributed by atoms with E-state index in [1.807, 2.05) is 24.3 Å². The number of unbranched alkanes of at least 4 members (excludes halogenated alkanes) is 1. The monoisotopic (exact) mass is 356 g/mol. The summed E-state index contributed by atoms with van der Waals surface area (Å²) in [4.78, 5) is 0. The Morgan fingerprint density at radius 2 is 1.08 bits per heavy atom. The van der Waals surface area contributed by atoms with Crippen molar-refractivity contribution in [2.75, 3.05) is 26.7 Å². The topological polar surface area (TPSA) is 61.0 Å². The number of hydrogen-bond donors (Lipinski definition) is 2. The van der Waals surface area contributed by atoms with Crippen LogP contribution in [0.5, 0.6) is 23.0 Å². The Hall–Kier alpha value is -2.44. The van der Waals surface area contributed by atoms with Gasteiger partial charge in [0.2, 0.25) is 13.6 Å². The van der Waals surface area contributed by atoms with Crippen LogP contribution in [0.2, 0.25) is 0 Å². The molecule has 0 aromatic heterocycles. The van der Waals surface area contributed by atoms with Gasteiger partial charge >= 0.3 is 0 Å². The molecule has 2 aliphatic heterocycles. The maximum atomic E-state index is 5.40. The normalized spacial score (nSPS) is 14.0. The van der Waals surface area contributed by atoms with E-state index >= 15 is 0 Å². The van der Waals surface area contributed by atoms with Crippen LogP contribution in [-0.4, -0.2) is 26.7 Å². The molecule has 6 nitrogen and oxygen atoms in total. The first kappa shape index (κ1) is 17.0. The van der Waals surface area contributed by atoms with E-state index in [1.165, 1.54) is 11.1 Å². The van der Waals surface area contributed by atoms with Crippen LogP contribution in [0.1, 0.15) is 24.0 Å². The zero-order valence-electron chi connectivity index (χ0n) is 14.8. The lowest BCUT2D eigenvalue weighted by atomic mass is 10.2. The van der Waals surface area contributed by atoms with Gasteiger partial charge in [-0.2, -0.15) is 0 Å². The molecule has 2 heterocycles. The Morgan fingerprint density at radius 3 is 1.58 bits per heavy atom. The maximum absolute atomic E-state index is 5.40. The number of nitrogens with one attached hydrogen (secondary N) is 2. The third-order valence-corrected chi connectivity index (χ3v) is 4.49. The highest BCUT2D eigenvalue weighted by atomic mass is 16.7. The molecule has 2 N–H and O–H groups in total. The highest BCUT2D eigenvalue weighted by Gasteiger charge is 2.13. The van der Waals surface area contributed by atoms with Crippen molar-refractivity contribution in [3.8, 4) is 23.0 Å². The zero-order valence-corrected chi connectivity index (χ0v) is 14.8. The van der Waals surface area contributed by atoms with E-state index in [9.17, 15) is 0 Å². The molecule has 4 rings (SSSR count). The highest BCUT2D eigenvalue weighted by Crippen LogP contribution is 2.33. The van der Waals surface area contributed by atoms with E-state index in [0.717, 1.165) is 62.0 Å². The van der Waals surface area contributed by atoms with Crippen molar-refractivity contribution in [3.05, 3.63) is 47.5 Å². The summed E-state index contributed by atoms with van der Waals surface area (Å²) >= 11 is 0. The molecule has 0 radical (unpaired) electrons. The molecular formula is C20H24N2O4. The number of fused-ring (bicyclic) bond motifs is 2. The minimum absolute atomic E-state index is 0.325. The summed E-state index contributed by atoms with van der Waals surface area (Å²) in [6, 6.07) is 12.2. The smallest absolute Gasteiger partial charge is 0.231 e. The van der Waals surface area contributed by atoms with Gasteiger partial charge in [-0.15, -0.1) is 0 Å². The average molecular weight is 356 g/mol. The number of rotatable bonds is 9. The molecule has 2 aromatic rings. The van der Waals surface area contributed by atoms with Crippen LogP contribution < -0.4 is 29.6 Å². The van der Waals surface area contributed by atoms with Crippen LogP contribution in [0.25, 0.3) is 0 Å². The maximum Gasteiger partial charge on any atom is 0.231 e. The summed E-state index contributed by atoms with van der Waals surface area (Å²) in [5.74, 6) is 3.36. The van der Waals surface area contributed by atoms with Gasteiger partial charge in [-0.05, 0) is 61.3 Å². The Labute approximate surface area is 153 Å². The third kappa shape index (κ3) is 4.20. The fourth-order valence-electron chi connectivity index (χ4n) is 3.07. The van der Waals surface area contributed by atoms with E-state index in [4.69, 9.17) is 18.9 Å². The van der Waals surface area contributed by atoms with Gasteiger partial charge in [0.15, 0.2) is 23.0 Å². The van der Waals surface area contributed by atoms with E-state index < -0.39 is 0 Å². The standard InChI is InChI=1S/C20H24N2O4/c1(7-21-11-15-3-5-17-19(9-15)25-13-23-17)2-8-22-12-16-4-6-18-20(10-16)26-14-24-18/h3-6,9-10,21-22H,1-2,7-8,11-14H2. The first-order chi connectivity index (χ1) is 12.9. The molecule has 0 amide bonds. The first-order valence-electron chi connectivity index (χ1n) is 9.07.